The SMILES string of the molecule is CC1(C)c2ccccc2-c2cc3c(cc21)oc1cc(-c2nc(-c4ccccc4)c4c(n2)oc2ccccc24)ccc13. The van der Waals surface area contributed by atoms with Gasteiger partial charge in [0.05, 0.1) is 11.1 Å². The molecule has 194 valence electrons. The van der Waals surface area contributed by atoms with Crippen molar-refractivity contribution < 1.29 is 8.83 Å². The molecule has 41 heavy (non-hydrogen) atoms. The number of fused-ring (bicyclic) bond motifs is 9. The zero-order valence-corrected chi connectivity index (χ0v) is 22.6. The number of aromatic nitrogens is 2. The smallest absolute Gasteiger partial charge is 0.231 e. The monoisotopic (exact) mass is 528 g/mol. The van der Waals surface area contributed by atoms with Crippen LogP contribution in [0, 0.1) is 0 Å². The molecule has 0 aliphatic heterocycles. The lowest BCUT2D eigenvalue weighted by Crippen LogP contribution is -2.14. The van der Waals surface area contributed by atoms with E-state index in [0.717, 1.165) is 55.1 Å². The van der Waals surface area contributed by atoms with Crippen molar-refractivity contribution in [3.8, 4) is 33.8 Å². The predicted octanol–water partition coefficient (Wildman–Crippen LogP) is 9.92. The fourth-order valence-corrected chi connectivity index (χ4v) is 6.67. The van der Waals surface area contributed by atoms with Gasteiger partial charge < -0.3 is 8.83 Å². The van der Waals surface area contributed by atoms with E-state index >= 15 is 0 Å². The van der Waals surface area contributed by atoms with Gasteiger partial charge in [-0.1, -0.05) is 92.7 Å². The van der Waals surface area contributed by atoms with E-state index in [9.17, 15) is 0 Å². The van der Waals surface area contributed by atoms with Gasteiger partial charge >= 0.3 is 0 Å². The van der Waals surface area contributed by atoms with Crippen LogP contribution in [0.25, 0.3) is 77.8 Å². The van der Waals surface area contributed by atoms with Gasteiger partial charge in [-0.3, -0.25) is 0 Å². The zero-order chi connectivity index (χ0) is 27.3. The second-order valence-corrected chi connectivity index (χ2v) is 11.4. The van der Waals surface area contributed by atoms with Gasteiger partial charge in [0, 0.05) is 32.7 Å². The van der Waals surface area contributed by atoms with Gasteiger partial charge in [0.15, 0.2) is 5.82 Å². The quantitative estimate of drug-likeness (QED) is 0.224. The largest absolute Gasteiger partial charge is 0.456 e. The Labute approximate surface area is 235 Å². The van der Waals surface area contributed by atoms with Gasteiger partial charge in [0.2, 0.25) is 5.71 Å². The third-order valence-electron chi connectivity index (χ3n) is 8.72. The second-order valence-electron chi connectivity index (χ2n) is 11.4. The lowest BCUT2D eigenvalue weighted by Gasteiger charge is -2.21. The fraction of sp³-hybridized carbons (Fsp3) is 0.0811. The number of benzene rings is 5. The van der Waals surface area contributed by atoms with Gasteiger partial charge in [-0.05, 0) is 52.6 Å². The minimum Gasteiger partial charge on any atom is -0.456 e. The minimum atomic E-state index is -0.0755. The van der Waals surface area contributed by atoms with E-state index in [1.165, 1.54) is 22.3 Å². The first-order chi connectivity index (χ1) is 20.1. The Kier molecular flexibility index (Phi) is 4.36. The van der Waals surface area contributed by atoms with Crippen LogP contribution in [0.3, 0.4) is 0 Å². The molecule has 0 saturated heterocycles. The lowest BCUT2D eigenvalue weighted by molar-refractivity contribution is 0.647. The maximum Gasteiger partial charge on any atom is 0.231 e. The highest BCUT2D eigenvalue weighted by atomic mass is 16.3. The molecule has 1 aliphatic carbocycles. The molecule has 0 fully saturated rings. The van der Waals surface area contributed by atoms with Crippen molar-refractivity contribution in [2.24, 2.45) is 0 Å². The molecule has 0 N–H and O–H groups in total. The summed E-state index contributed by atoms with van der Waals surface area (Å²) in [6.45, 7) is 4.58. The van der Waals surface area contributed by atoms with Crippen molar-refractivity contribution in [3.63, 3.8) is 0 Å². The average Bonchev–Trinajstić information content (AvgIpc) is 3.63. The molecule has 3 heterocycles. The van der Waals surface area contributed by atoms with Crippen LogP contribution in [0.4, 0.5) is 0 Å². The van der Waals surface area contributed by atoms with Crippen molar-refractivity contribution >= 4 is 44.0 Å². The molecule has 5 aromatic carbocycles. The van der Waals surface area contributed by atoms with Crippen molar-refractivity contribution in [2.75, 3.05) is 0 Å². The van der Waals surface area contributed by atoms with E-state index in [4.69, 9.17) is 18.8 Å². The Bertz CT molecular complexity index is 2340. The summed E-state index contributed by atoms with van der Waals surface area (Å²) >= 11 is 0. The second kappa shape index (κ2) is 7.92. The molecular weight excluding hydrogens is 504 g/mol. The Morgan fingerprint density at radius 3 is 2.22 bits per heavy atom. The van der Waals surface area contributed by atoms with Crippen LogP contribution >= 0.6 is 0 Å². The summed E-state index contributed by atoms with van der Waals surface area (Å²) in [5, 5.41) is 4.15. The highest BCUT2D eigenvalue weighted by Crippen LogP contribution is 2.50. The van der Waals surface area contributed by atoms with Crippen LogP contribution in [0.1, 0.15) is 25.0 Å². The van der Waals surface area contributed by atoms with Crippen LogP contribution in [0.5, 0.6) is 0 Å². The number of furan rings is 2. The van der Waals surface area contributed by atoms with E-state index in [1.807, 2.05) is 36.4 Å². The zero-order valence-electron chi connectivity index (χ0n) is 22.6. The summed E-state index contributed by atoms with van der Waals surface area (Å²) in [5.74, 6) is 0.607. The predicted molar refractivity (Wildman–Crippen MR) is 165 cm³/mol. The third kappa shape index (κ3) is 3.10. The molecule has 0 unspecified atom stereocenters. The van der Waals surface area contributed by atoms with E-state index in [0.29, 0.717) is 11.5 Å². The molecule has 0 bridgehead atoms. The molecule has 4 nitrogen and oxygen atoms in total. The number of para-hydroxylation sites is 1. The standard InChI is InChI=1S/C37H24N2O2/c1-37(2)28-14-8-6-12-23(28)26-19-27-24-17-16-22(18-31(24)40-32(27)20-29(26)37)35-38-34(21-10-4-3-5-11-21)33-25-13-7-9-15-30(25)41-36(33)39-35/h3-20H,1-2H3. The molecule has 0 radical (unpaired) electrons. The van der Waals surface area contributed by atoms with E-state index in [-0.39, 0.29) is 5.41 Å². The maximum atomic E-state index is 6.50. The number of nitrogens with zero attached hydrogens (tertiary/aromatic N) is 2. The summed E-state index contributed by atoms with van der Waals surface area (Å²) in [6, 6.07) is 37.8. The number of hydrogen-bond acceptors (Lipinski definition) is 4. The lowest BCUT2D eigenvalue weighted by atomic mass is 9.82. The molecular formula is C37H24N2O2. The van der Waals surface area contributed by atoms with Crippen molar-refractivity contribution in [2.45, 2.75) is 19.3 Å². The van der Waals surface area contributed by atoms with Crippen LogP contribution in [0.15, 0.2) is 118 Å². The van der Waals surface area contributed by atoms with Gasteiger partial charge in [0.1, 0.15) is 16.7 Å². The molecule has 0 saturated carbocycles. The van der Waals surface area contributed by atoms with E-state index < -0.39 is 0 Å². The minimum absolute atomic E-state index is 0.0755. The van der Waals surface area contributed by atoms with Crippen molar-refractivity contribution in [1.29, 1.82) is 0 Å². The topological polar surface area (TPSA) is 52.1 Å². The fourth-order valence-electron chi connectivity index (χ4n) is 6.67. The molecule has 0 amide bonds. The molecule has 9 rings (SSSR count). The molecule has 8 aromatic rings. The Morgan fingerprint density at radius 2 is 1.32 bits per heavy atom. The molecule has 0 spiro atoms. The van der Waals surface area contributed by atoms with Crippen LogP contribution in [0.2, 0.25) is 0 Å². The van der Waals surface area contributed by atoms with Crippen molar-refractivity contribution in [1.82, 2.24) is 9.97 Å². The summed E-state index contributed by atoms with van der Waals surface area (Å²) in [4.78, 5) is 10.0. The van der Waals surface area contributed by atoms with Crippen LogP contribution in [-0.2, 0) is 5.41 Å². The average molecular weight is 529 g/mol. The normalized spacial score (nSPS) is 13.8. The Balaban J connectivity index is 1.25. The van der Waals surface area contributed by atoms with Crippen molar-refractivity contribution in [3.05, 3.63) is 120 Å². The summed E-state index contributed by atoms with van der Waals surface area (Å²) in [5.41, 5.74) is 11.1. The summed E-state index contributed by atoms with van der Waals surface area (Å²) < 4.78 is 12.7. The van der Waals surface area contributed by atoms with Gasteiger partial charge in [-0.2, -0.15) is 4.98 Å². The van der Waals surface area contributed by atoms with Crippen LogP contribution in [-0.4, -0.2) is 9.97 Å². The summed E-state index contributed by atoms with van der Waals surface area (Å²) in [6.07, 6.45) is 0. The Hall–Kier alpha value is -5.22. The van der Waals surface area contributed by atoms with Gasteiger partial charge in [0.25, 0.3) is 0 Å². The molecule has 4 heteroatoms. The van der Waals surface area contributed by atoms with E-state index in [1.54, 1.807) is 0 Å². The van der Waals surface area contributed by atoms with Gasteiger partial charge in [-0.25, -0.2) is 4.98 Å². The maximum absolute atomic E-state index is 6.50. The molecule has 3 aromatic heterocycles. The highest BCUT2D eigenvalue weighted by Gasteiger charge is 2.36. The molecule has 1 aliphatic rings. The Morgan fingerprint density at radius 1 is 0.537 bits per heavy atom. The van der Waals surface area contributed by atoms with Gasteiger partial charge in [-0.15, -0.1) is 0 Å². The van der Waals surface area contributed by atoms with Crippen LogP contribution < -0.4 is 0 Å². The first-order valence-electron chi connectivity index (χ1n) is 13.9. The summed E-state index contributed by atoms with van der Waals surface area (Å²) in [7, 11) is 0. The third-order valence-corrected chi connectivity index (χ3v) is 8.72. The highest BCUT2D eigenvalue weighted by molar-refractivity contribution is 6.11. The number of hydrogen-bond donors (Lipinski definition) is 0. The molecule has 0 atom stereocenters. The first kappa shape index (κ1) is 22.6. The first-order valence-corrected chi connectivity index (χ1v) is 13.9. The number of rotatable bonds is 2. The van der Waals surface area contributed by atoms with E-state index in [2.05, 4.69) is 86.6 Å².